The minimum absolute atomic E-state index is 0.0796. The van der Waals surface area contributed by atoms with Gasteiger partial charge in [0, 0.05) is 25.6 Å². The molecule has 7 nitrogen and oxygen atoms in total. The van der Waals surface area contributed by atoms with Gasteiger partial charge in [-0.25, -0.2) is 14.7 Å². The van der Waals surface area contributed by atoms with Crippen LogP contribution >= 0.6 is 0 Å². The predicted molar refractivity (Wildman–Crippen MR) is 82.7 cm³/mol. The van der Waals surface area contributed by atoms with E-state index in [1.165, 1.54) is 32.1 Å². The standard InChI is InChI=1S/C15H25N5O2/c21-14(16-10-11-4-2-1-3-5-11)17-12-6-7-13-18-19-15(22)20(13)9-8-12/h11-12H,1-10H2,(H,19,22)(H2,16,17,21). The lowest BCUT2D eigenvalue weighted by molar-refractivity contribution is 0.231. The van der Waals surface area contributed by atoms with Gasteiger partial charge >= 0.3 is 11.7 Å². The smallest absolute Gasteiger partial charge is 0.338 e. The lowest BCUT2D eigenvalue weighted by Crippen LogP contribution is -2.44. The van der Waals surface area contributed by atoms with Crippen LogP contribution in [0.5, 0.6) is 0 Å². The number of aromatic amines is 1. The SMILES string of the molecule is O=C(NCC1CCCCC1)NC1CCc2n[nH]c(=O)n2CC1. The number of fused-ring (bicyclic) bond motifs is 1. The van der Waals surface area contributed by atoms with E-state index in [-0.39, 0.29) is 17.8 Å². The highest BCUT2D eigenvalue weighted by atomic mass is 16.2. The zero-order valence-corrected chi connectivity index (χ0v) is 12.9. The van der Waals surface area contributed by atoms with Crippen LogP contribution in [0.1, 0.15) is 50.8 Å². The Morgan fingerprint density at radius 3 is 2.86 bits per heavy atom. The number of carbonyl (C=O) groups excluding carboxylic acids is 1. The van der Waals surface area contributed by atoms with Gasteiger partial charge in [-0.2, -0.15) is 5.10 Å². The van der Waals surface area contributed by atoms with Crippen molar-refractivity contribution in [1.29, 1.82) is 0 Å². The number of urea groups is 1. The highest BCUT2D eigenvalue weighted by Crippen LogP contribution is 2.22. The van der Waals surface area contributed by atoms with Crippen molar-refractivity contribution in [3.8, 4) is 0 Å². The summed E-state index contributed by atoms with van der Waals surface area (Å²) in [6.07, 6.45) is 8.67. The summed E-state index contributed by atoms with van der Waals surface area (Å²) in [4.78, 5) is 23.6. The molecule has 3 rings (SSSR count). The summed E-state index contributed by atoms with van der Waals surface area (Å²) in [6.45, 7) is 1.39. The monoisotopic (exact) mass is 307 g/mol. The summed E-state index contributed by atoms with van der Waals surface area (Å²) in [7, 11) is 0. The molecule has 1 aromatic heterocycles. The second-order valence-electron chi connectivity index (χ2n) is 6.48. The Morgan fingerprint density at radius 1 is 1.23 bits per heavy atom. The summed E-state index contributed by atoms with van der Waals surface area (Å²) < 4.78 is 1.67. The number of nitrogens with one attached hydrogen (secondary N) is 3. The van der Waals surface area contributed by atoms with E-state index in [0.29, 0.717) is 18.9 Å². The molecule has 2 amide bonds. The Bertz CT molecular complexity index is 559. The lowest BCUT2D eigenvalue weighted by Gasteiger charge is -2.23. The molecule has 1 aliphatic heterocycles. The van der Waals surface area contributed by atoms with Crippen LogP contribution in [-0.2, 0) is 13.0 Å². The summed E-state index contributed by atoms with van der Waals surface area (Å²) in [6, 6.07) is 0.0245. The average Bonchev–Trinajstić information content (AvgIpc) is 2.76. The van der Waals surface area contributed by atoms with E-state index in [2.05, 4.69) is 20.8 Å². The lowest BCUT2D eigenvalue weighted by atomic mass is 9.89. The molecule has 122 valence electrons. The number of aromatic nitrogens is 3. The third-order valence-corrected chi connectivity index (χ3v) is 4.87. The molecule has 2 heterocycles. The number of carbonyl (C=O) groups is 1. The molecule has 22 heavy (non-hydrogen) atoms. The number of rotatable bonds is 3. The first kappa shape index (κ1) is 15.1. The van der Waals surface area contributed by atoms with Crippen LogP contribution in [0.25, 0.3) is 0 Å². The molecule has 0 saturated heterocycles. The minimum Gasteiger partial charge on any atom is -0.338 e. The van der Waals surface area contributed by atoms with Crippen molar-refractivity contribution in [2.75, 3.05) is 6.54 Å². The average molecular weight is 307 g/mol. The zero-order chi connectivity index (χ0) is 15.4. The van der Waals surface area contributed by atoms with Gasteiger partial charge in [-0.05, 0) is 31.6 Å². The van der Waals surface area contributed by atoms with Gasteiger partial charge in [0.2, 0.25) is 0 Å². The minimum atomic E-state index is -0.155. The van der Waals surface area contributed by atoms with E-state index in [1.54, 1.807) is 4.57 Å². The molecular formula is C15H25N5O2. The molecule has 1 fully saturated rings. The molecule has 0 spiro atoms. The van der Waals surface area contributed by atoms with Crippen LogP contribution in [0.3, 0.4) is 0 Å². The van der Waals surface area contributed by atoms with Crippen LogP contribution < -0.4 is 16.3 Å². The molecule has 3 N–H and O–H groups in total. The Kier molecular flexibility index (Phi) is 4.80. The summed E-state index contributed by atoms with van der Waals surface area (Å²) >= 11 is 0. The Morgan fingerprint density at radius 2 is 2.05 bits per heavy atom. The molecule has 0 aromatic carbocycles. The summed E-state index contributed by atoms with van der Waals surface area (Å²) in [5.74, 6) is 1.43. The number of H-pyrrole nitrogens is 1. The van der Waals surface area contributed by atoms with Gasteiger partial charge < -0.3 is 10.6 Å². The molecule has 7 heteroatoms. The third kappa shape index (κ3) is 3.69. The second-order valence-corrected chi connectivity index (χ2v) is 6.48. The van der Waals surface area contributed by atoms with Crippen molar-refractivity contribution < 1.29 is 4.79 Å². The number of nitrogens with zero attached hydrogens (tertiary/aromatic N) is 2. The van der Waals surface area contributed by atoms with E-state index in [1.807, 2.05) is 0 Å². The van der Waals surface area contributed by atoms with Gasteiger partial charge in [-0.3, -0.25) is 4.57 Å². The highest BCUT2D eigenvalue weighted by Gasteiger charge is 2.20. The van der Waals surface area contributed by atoms with Crippen LogP contribution in [0.4, 0.5) is 4.79 Å². The first-order chi connectivity index (χ1) is 10.7. The second kappa shape index (κ2) is 6.98. The Hall–Kier alpha value is -1.79. The topological polar surface area (TPSA) is 91.8 Å². The largest absolute Gasteiger partial charge is 0.343 e. The first-order valence-electron chi connectivity index (χ1n) is 8.41. The van der Waals surface area contributed by atoms with Crippen LogP contribution in [0.2, 0.25) is 0 Å². The van der Waals surface area contributed by atoms with Crippen molar-refractivity contribution in [2.45, 2.75) is 64.0 Å². The van der Waals surface area contributed by atoms with E-state index in [0.717, 1.165) is 25.2 Å². The third-order valence-electron chi connectivity index (χ3n) is 4.87. The van der Waals surface area contributed by atoms with Crippen LogP contribution in [0.15, 0.2) is 4.79 Å². The molecule has 2 aliphatic rings. The fourth-order valence-corrected chi connectivity index (χ4v) is 3.51. The van der Waals surface area contributed by atoms with Crippen LogP contribution in [0, 0.1) is 5.92 Å². The predicted octanol–water partition coefficient (Wildman–Crippen LogP) is 1.16. The van der Waals surface area contributed by atoms with E-state index in [9.17, 15) is 9.59 Å². The van der Waals surface area contributed by atoms with Crippen LogP contribution in [-0.4, -0.2) is 33.4 Å². The highest BCUT2D eigenvalue weighted by molar-refractivity contribution is 5.74. The normalized spacial score (nSPS) is 22.6. The van der Waals surface area contributed by atoms with Gasteiger partial charge in [0.25, 0.3) is 0 Å². The molecule has 1 atom stereocenters. The maximum absolute atomic E-state index is 12.0. The Balaban J connectivity index is 1.43. The number of amides is 2. The molecule has 0 radical (unpaired) electrons. The molecule has 1 saturated carbocycles. The summed E-state index contributed by atoms with van der Waals surface area (Å²) in [5, 5.41) is 12.5. The fraction of sp³-hybridized carbons (Fsp3) is 0.800. The van der Waals surface area contributed by atoms with Gasteiger partial charge in [-0.15, -0.1) is 0 Å². The van der Waals surface area contributed by atoms with Gasteiger partial charge in [-0.1, -0.05) is 19.3 Å². The molecule has 1 aliphatic carbocycles. The summed E-state index contributed by atoms with van der Waals surface area (Å²) in [5.41, 5.74) is -0.155. The number of aryl methyl sites for hydroxylation is 1. The van der Waals surface area contributed by atoms with Crippen molar-refractivity contribution in [3.05, 3.63) is 16.3 Å². The molecular weight excluding hydrogens is 282 g/mol. The van der Waals surface area contributed by atoms with Gasteiger partial charge in [0.15, 0.2) is 0 Å². The zero-order valence-electron chi connectivity index (χ0n) is 12.9. The number of hydrogen-bond acceptors (Lipinski definition) is 3. The van der Waals surface area contributed by atoms with E-state index < -0.39 is 0 Å². The van der Waals surface area contributed by atoms with Crippen molar-refractivity contribution in [2.24, 2.45) is 5.92 Å². The molecule has 1 aromatic rings. The fourth-order valence-electron chi connectivity index (χ4n) is 3.51. The maximum Gasteiger partial charge on any atom is 0.343 e. The van der Waals surface area contributed by atoms with E-state index >= 15 is 0 Å². The van der Waals surface area contributed by atoms with Crippen molar-refractivity contribution in [1.82, 2.24) is 25.4 Å². The van der Waals surface area contributed by atoms with Crippen molar-refractivity contribution in [3.63, 3.8) is 0 Å². The maximum atomic E-state index is 12.0. The van der Waals surface area contributed by atoms with E-state index in [4.69, 9.17) is 0 Å². The van der Waals surface area contributed by atoms with Crippen molar-refractivity contribution >= 4 is 6.03 Å². The Labute approximate surface area is 129 Å². The first-order valence-corrected chi connectivity index (χ1v) is 8.41. The quantitative estimate of drug-likeness (QED) is 0.782. The number of hydrogen-bond donors (Lipinski definition) is 3. The van der Waals surface area contributed by atoms with Gasteiger partial charge in [0.1, 0.15) is 5.82 Å². The molecule has 0 bridgehead atoms. The molecule has 1 unspecified atom stereocenters. The van der Waals surface area contributed by atoms with Gasteiger partial charge in [0.05, 0.1) is 0 Å².